The van der Waals surface area contributed by atoms with E-state index >= 15 is 0 Å². The summed E-state index contributed by atoms with van der Waals surface area (Å²) in [6, 6.07) is 0. The molecule has 2 heterocycles. The third-order valence-corrected chi connectivity index (χ3v) is 3.09. The van der Waals surface area contributed by atoms with E-state index in [9.17, 15) is 0 Å². The van der Waals surface area contributed by atoms with Crippen LogP contribution in [0.4, 0.5) is 17.8 Å². The number of nitrogen functional groups attached to an aromatic ring is 1. The summed E-state index contributed by atoms with van der Waals surface area (Å²) in [6.45, 7) is 4.49. The Bertz CT molecular complexity index is 423. The number of nitrogens with zero attached hydrogens (tertiary/aromatic N) is 5. The molecule has 1 atom stereocenters. The molecule has 1 aromatic rings. The molecule has 1 aliphatic heterocycles. The van der Waals surface area contributed by atoms with E-state index in [1.165, 1.54) is 0 Å². The van der Waals surface area contributed by atoms with Crippen molar-refractivity contribution in [3.63, 3.8) is 0 Å². The molecule has 0 amide bonds. The number of ether oxygens (including phenoxy) is 1. The second-order valence-electron chi connectivity index (χ2n) is 4.85. The van der Waals surface area contributed by atoms with Crippen LogP contribution in [0, 0.1) is 0 Å². The Morgan fingerprint density at radius 3 is 2.84 bits per heavy atom. The lowest BCUT2D eigenvalue weighted by molar-refractivity contribution is 0.0523. The number of aromatic nitrogens is 3. The fourth-order valence-electron chi connectivity index (χ4n) is 2.20. The van der Waals surface area contributed by atoms with Crippen LogP contribution in [0.3, 0.4) is 0 Å². The van der Waals surface area contributed by atoms with Crippen molar-refractivity contribution in [2.75, 3.05) is 49.3 Å². The number of hydrogen-bond donors (Lipinski definition) is 1. The lowest BCUT2D eigenvalue weighted by atomic mass is 10.1. The second-order valence-corrected chi connectivity index (χ2v) is 4.85. The van der Waals surface area contributed by atoms with Crippen molar-refractivity contribution in [1.82, 2.24) is 15.0 Å². The highest BCUT2D eigenvalue weighted by atomic mass is 16.5. The highest BCUT2D eigenvalue weighted by Crippen LogP contribution is 2.20. The van der Waals surface area contributed by atoms with Gasteiger partial charge in [0.25, 0.3) is 0 Å². The number of rotatable bonds is 4. The maximum absolute atomic E-state index is 5.75. The van der Waals surface area contributed by atoms with Gasteiger partial charge < -0.3 is 20.3 Å². The first-order valence-electron chi connectivity index (χ1n) is 6.65. The summed E-state index contributed by atoms with van der Waals surface area (Å²) in [6.07, 6.45) is 2.42. The number of anilines is 3. The van der Waals surface area contributed by atoms with Gasteiger partial charge in [0, 0.05) is 33.8 Å². The van der Waals surface area contributed by atoms with Crippen molar-refractivity contribution in [2.24, 2.45) is 0 Å². The van der Waals surface area contributed by atoms with Crippen molar-refractivity contribution in [2.45, 2.75) is 25.9 Å². The molecule has 1 saturated heterocycles. The maximum atomic E-state index is 5.75. The second kappa shape index (κ2) is 6.01. The summed E-state index contributed by atoms with van der Waals surface area (Å²) in [4.78, 5) is 16.7. The van der Waals surface area contributed by atoms with Crippen molar-refractivity contribution < 1.29 is 4.74 Å². The zero-order chi connectivity index (χ0) is 13.8. The van der Waals surface area contributed by atoms with Crippen LogP contribution in [0.15, 0.2) is 0 Å². The van der Waals surface area contributed by atoms with Crippen molar-refractivity contribution >= 4 is 17.8 Å². The zero-order valence-corrected chi connectivity index (χ0v) is 11.8. The molecule has 7 heteroatoms. The molecule has 0 aromatic carbocycles. The molecule has 19 heavy (non-hydrogen) atoms. The van der Waals surface area contributed by atoms with E-state index in [-0.39, 0.29) is 12.1 Å². The molecule has 7 nitrogen and oxygen atoms in total. The first-order chi connectivity index (χ1) is 9.10. The first kappa shape index (κ1) is 13.8. The third kappa shape index (κ3) is 3.44. The van der Waals surface area contributed by atoms with Crippen LogP contribution in [0.25, 0.3) is 0 Å². The molecule has 1 aliphatic rings. The molecule has 106 valence electrons. The predicted octanol–water partition coefficient (Wildman–Crippen LogP) is 0.525. The van der Waals surface area contributed by atoms with Gasteiger partial charge in [0.1, 0.15) is 0 Å². The van der Waals surface area contributed by atoms with Gasteiger partial charge in [0.2, 0.25) is 17.8 Å². The van der Waals surface area contributed by atoms with Crippen LogP contribution in [0.2, 0.25) is 0 Å². The third-order valence-electron chi connectivity index (χ3n) is 3.09. The normalized spacial score (nSPS) is 19.5. The summed E-state index contributed by atoms with van der Waals surface area (Å²) in [7, 11) is 3.77. The number of piperidine rings is 1. The smallest absolute Gasteiger partial charge is 0.232 e. The molecular weight excluding hydrogens is 244 g/mol. The topological polar surface area (TPSA) is 80.4 Å². The van der Waals surface area contributed by atoms with Crippen LogP contribution in [0.1, 0.15) is 19.8 Å². The molecular formula is C12H22N6O. The van der Waals surface area contributed by atoms with Crippen molar-refractivity contribution in [3.05, 3.63) is 0 Å². The Hall–Kier alpha value is -1.63. The Morgan fingerprint density at radius 2 is 2.16 bits per heavy atom. The predicted molar refractivity (Wildman–Crippen MR) is 75.4 cm³/mol. The Morgan fingerprint density at radius 1 is 1.37 bits per heavy atom. The van der Waals surface area contributed by atoms with Gasteiger partial charge in [-0.3, -0.25) is 0 Å². The minimum Gasteiger partial charge on any atom is -0.377 e. The Labute approximate surface area is 113 Å². The molecule has 1 aromatic heterocycles. The molecule has 1 unspecified atom stereocenters. The van der Waals surface area contributed by atoms with Gasteiger partial charge in [-0.2, -0.15) is 15.0 Å². The van der Waals surface area contributed by atoms with Gasteiger partial charge in [0.05, 0.1) is 6.10 Å². The first-order valence-corrected chi connectivity index (χ1v) is 6.65. The maximum Gasteiger partial charge on any atom is 0.232 e. The van der Waals surface area contributed by atoms with Gasteiger partial charge in [-0.15, -0.1) is 0 Å². The van der Waals surface area contributed by atoms with Gasteiger partial charge in [-0.25, -0.2) is 0 Å². The number of hydrogen-bond acceptors (Lipinski definition) is 7. The summed E-state index contributed by atoms with van der Waals surface area (Å²) in [5.41, 5.74) is 5.75. The zero-order valence-electron chi connectivity index (χ0n) is 11.8. The van der Waals surface area contributed by atoms with Crippen LogP contribution in [0.5, 0.6) is 0 Å². The van der Waals surface area contributed by atoms with E-state index in [1.807, 2.05) is 25.9 Å². The minimum absolute atomic E-state index is 0.250. The highest BCUT2D eigenvalue weighted by molar-refractivity contribution is 5.43. The molecule has 1 fully saturated rings. The fourth-order valence-corrected chi connectivity index (χ4v) is 2.20. The summed E-state index contributed by atoms with van der Waals surface area (Å²) in [5, 5.41) is 0. The van der Waals surface area contributed by atoms with E-state index in [4.69, 9.17) is 10.5 Å². The standard InChI is InChI=1S/C12H22N6O/c1-4-19-9-6-5-7-18(8-9)12-15-10(13)14-11(16-12)17(2)3/h9H,4-8H2,1-3H3,(H2,13,14,15,16). The van der Waals surface area contributed by atoms with E-state index in [0.29, 0.717) is 11.9 Å². The summed E-state index contributed by atoms with van der Waals surface area (Å²) in [5.74, 6) is 1.48. The lowest BCUT2D eigenvalue weighted by Gasteiger charge is -2.32. The van der Waals surface area contributed by atoms with E-state index in [1.54, 1.807) is 0 Å². The molecule has 2 N–H and O–H groups in total. The van der Waals surface area contributed by atoms with E-state index in [0.717, 1.165) is 32.5 Å². The molecule has 0 bridgehead atoms. The highest BCUT2D eigenvalue weighted by Gasteiger charge is 2.23. The molecule has 0 radical (unpaired) electrons. The SMILES string of the molecule is CCOC1CCCN(c2nc(N)nc(N(C)C)n2)C1. The molecule has 0 aliphatic carbocycles. The summed E-state index contributed by atoms with van der Waals surface area (Å²) < 4.78 is 5.69. The summed E-state index contributed by atoms with van der Waals surface area (Å²) >= 11 is 0. The Balaban J connectivity index is 2.16. The van der Waals surface area contributed by atoms with Crippen LogP contribution in [-0.4, -0.2) is 54.8 Å². The van der Waals surface area contributed by atoms with E-state index in [2.05, 4.69) is 19.9 Å². The molecule has 0 saturated carbocycles. The minimum atomic E-state index is 0.250. The number of nitrogens with two attached hydrogens (primary N) is 1. The quantitative estimate of drug-likeness (QED) is 0.851. The van der Waals surface area contributed by atoms with Gasteiger partial charge in [-0.05, 0) is 19.8 Å². The Kier molecular flexibility index (Phi) is 4.36. The van der Waals surface area contributed by atoms with Crippen molar-refractivity contribution in [1.29, 1.82) is 0 Å². The molecule has 2 rings (SSSR count). The van der Waals surface area contributed by atoms with E-state index < -0.39 is 0 Å². The van der Waals surface area contributed by atoms with Gasteiger partial charge in [-0.1, -0.05) is 0 Å². The monoisotopic (exact) mass is 266 g/mol. The van der Waals surface area contributed by atoms with Crippen molar-refractivity contribution in [3.8, 4) is 0 Å². The van der Waals surface area contributed by atoms with Crippen LogP contribution in [-0.2, 0) is 4.74 Å². The van der Waals surface area contributed by atoms with Crippen LogP contribution >= 0.6 is 0 Å². The van der Waals surface area contributed by atoms with Gasteiger partial charge >= 0.3 is 0 Å². The van der Waals surface area contributed by atoms with Gasteiger partial charge in [0.15, 0.2) is 0 Å². The average molecular weight is 266 g/mol. The largest absolute Gasteiger partial charge is 0.377 e. The average Bonchev–Trinajstić information content (AvgIpc) is 2.38. The lowest BCUT2D eigenvalue weighted by Crippen LogP contribution is -2.41. The van der Waals surface area contributed by atoms with Crippen LogP contribution < -0.4 is 15.5 Å². The fraction of sp³-hybridized carbons (Fsp3) is 0.750. The molecule has 0 spiro atoms.